The molecule has 0 atom stereocenters. The topological polar surface area (TPSA) is 9.23 Å². The van der Waals surface area contributed by atoms with E-state index in [1.165, 1.54) is 21.7 Å². The second-order valence-corrected chi connectivity index (χ2v) is 5.31. The second-order valence-electron chi connectivity index (χ2n) is 4.43. The van der Waals surface area contributed by atoms with Crippen LogP contribution in [0.3, 0.4) is 0 Å². The number of ether oxygens (including phenoxy) is 1. The van der Waals surface area contributed by atoms with Gasteiger partial charge in [0.15, 0.2) is 11.6 Å². The Hall–Kier alpha value is -1.87. The minimum absolute atomic E-state index is 0.300. The molecule has 1 heterocycles. The Morgan fingerprint density at radius 2 is 1.95 bits per heavy atom. The van der Waals surface area contributed by atoms with Crippen LogP contribution in [0, 0.1) is 12.7 Å². The number of hydrogen-bond acceptors (Lipinski definition) is 2. The first-order chi connectivity index (χ1) is 9.25. The van der Waals surface area contributed by atoms with Gasteiger partial charge in [-0.25, -0.2) is 4.39 Å². The van der Waals surface area contributed by atoms with Crippen molar-refractivity contribution < 1.29 is 9.13 Å². The molecular formula is C16H13FOS. The zero-order chi connectivity index (χ0) is 13.2. The molecule has 3 rings (SSSR count). The minimum Gasteiger partial charge on any atom is -0.486 e. The minimum atomic E-state index is -0.321. The molecule has 3 heteroatoms. The fraction of sp³-hybridized carbons (Fsp3) is 0.125. The first-order valence-electron chi connectivity index (χ1n) is 6.09. The molecule has 0 radical (unpaired) electrons. The molecule has 0 unspecified atom stereocenters. The quantitative estimate of drug-likeness (QED) is 0.657. The first-order valence-corrected chi connectivity index (χ1v) is 6.96. The molecule has 19 heavy (non-hydrogen) atoms. The largest absolute Gasteiger partial charge is 0.486 e. The van der Waals surface area contributed by atoms with Gasteiger partial charge in [-0.15, -0.1) is 11.3 Å². The van der Waals surface area contributed by atoms with E-state index in [0.717, 1.165) is 5.56 Å². The van der Waals surface area contributed by atoms with Crippen LogP contribution >= 0.6 is 11.3 Å². The van der Waals surface area contributed by atoms with Gasteiger partial charge in [0, 0.05) is 10.3 Å². The van der Waals surface area contributed by atoms with Crippen LogP contribution in [0.5, 0.6) is 5.75 Å². The lowest BCUT2D eigenvalue weighted by Crippen LogP contribution is -1.96. The van der Waals surface area contributed by atoms with Crippen LogP contribution in [0.2, 0.25) is 0 Å². The highest BCUT2D eigenvalue weighted by atomic mass is 32.1. The molecule has 0 spiro atoms. The number of hydrogen-bond donors (Lipinski definition) is 0. The summed E-state index contributed by atoms with van der Waals surface area (Å²) in [6, 6.07) is 12.7. The lowest BCUT2D eigenvalue weighted by molar-refractivity contribution is 0.292. The van der Waals surface area contributed by atoms with Gasteiger partial charge in [-0.05, 0) is 35.4 Å². The summed E-state index contributed by atoms with van der Waals surface area (Å²) in [5.74, 6) is -0.0206. The van der Waals surface area contributed by atoms with Crippen LogP contribution < -0.4 is 4.74 Å². The third-order valence-corrected chi connectivity index (χ3v) is 4.28. The fourth-order valence-corrected chi connectivity index (χ4v) is 3.12. The molecule has 0 amide bonds. The maximum absolute atomic E-state index is 13.5. The Balaban J connectivity index is 1.87. The predicted octanol–water partition coefficient (Wildman–Crippen LogP) is 4.93. The Morgan fingerprint density at radius 3 is 2.79 bits per heavy atom. The summed E-state index contributed by atoms with van der Waals surface area (Å²) in [4.78, 5) is 0. The number of rotatable bonds is 3. The summed E-state index contributed by atoms with van der Waals surface area (Å²) >= 11 is 1.71. The van der Waals surface area contributed by atoms with Crippen LogP contribution in [0.15, 0.2) is 47.8 Å². The Kier molecular flexibility index (Phi) is 3.22. The van der Waals surface area contributed by atoms with E-state index in [-0.39, 0.29) is 5.82 Å². The summed E-state index contributed by atoms with van der Waals surface area (Å²) in [6.07, 6.45) is 0. The molecule has 0 bridgehead atoms. The van der Waals surface area contributed by atoms with Crippen molar-refractivity contribution in [1.82, 2.24) is 0 Å². The molecule has 0 aliphatic heterocycles. The zero-order valence-electron chi connectivity index (χ0n) is 10.5. The van der Waals surface area contributed by atoms with Crippen molar-refractivity contribution in [3.8, 4) is 5.75 Å². The standard InChI is InChI=1S/C16H13FOS/c1-11-5-4-6-13-12(10-19-16(11)13)9-18-15-8-3-2-7-14(15)17/h2-8,10H,9H2,1H3. The third-order valence-electron chi connectivity index (χ3n) is 3.10. The van der Waals surface area contributed by atoms with Crippen molar-refractivity contribution in [2.45, 2.75) is 13.5 Å². The Bertz CT molecular complexity index is 718. The van der Waals surface area contributed by atoms with Crippen molar-refractivity contribution in [2.75, 3.05) is 0 Å². The molecule has 3 aromatic rings. The van der Waals surface area contributed by atoms with Gasteiger partial charge in [0.1, 0.15) is 6.61 Å². The van der Waals surface area contributed by atoms with E-state index >= 15 is 0 Å². The highest BCUT2D eigenvalue weighted by Gasteiger charge is 2.07. The smallest absolute Gasteiger partial charge is 0.165 e. The second kappa shape index (κ2) is 5.02. The monoisotopic (exact) mass is 272 g/mol. The number of fused-ring (bicyclic) bond motifs is 1. The van der Waals surface area contributed by atoms with Crippen molar-refractivity contribution >= 4 is 21.4 Å². The molecule has 0 saturated carbocycles. The van der Waals surface area contributed by atoms with Gasteiger partial charge in [0.25, 0.3) is 0 Å². The van der Waals surface area contributed by atoms with Crippen molar-refractivity contribution in [3.63, 3.8) is 0 Å². The lowest BCUT2D eigenvalue weighted by Gasteiger charge is -2.06. The maximum atomic E-state index is 13.5. The highest BCUT2D eigenvalue weighted by molar-refractivity contribution is 7.17. The number of thiophene rings is 1. The Labute approximate surface area is 115 Å². The van der Waals surface area contributed by atoms with Gasteiger partial charge < -0.3 is 4.74 Å². The summed E-state index contributed by atoms with van der Waals surface area (Å²) in [5.41, 5.74) is 2.37. The van der Waals surface area contributed by atoms with E-state index < -0.39 is 0 Å². The third kappa shape index (κ3) is 2.34. The molecule has 0 N–H and O–H groups in total. The van der Waals surface area contributed by atoms with Gasteiger partial charge in [-0.1, -0.05) is 30.3 Å². The lowest BCUT2D eigenvalue weighted by atomic mass is 10.1. The van der Waals surface area contributed by atoms with Gasteiger partial charge in [0.2, 0.25) is 0 Å². The van der Waals surface area contributed by atoms with E-state index in [0.29, 0.717) is 12.4 Å². The zero-order valence-corrected chi connectivity index (χ0v) is 11.3. The van der Waals surface area contributed by atoms with Crippen molar-refractivity contribution in [3.05, 3.63) is 64.8 Å². The van der Waals surface area contributed by atoms with Gasteiger partial charge >= 0.3 is 0 Å². The van der Waals surface area contributed by atoms with Crippen LogP contribution in [0.1, 0.15) is 11.1 Å². The maximum Gasteiger partial charge on any atom is 0.165 e. The summed E-state index contributed by atoms with van der Waals surface area (Å²) in [6.45, 7) is 2.49. The molecule has 1 aromatic heterocycles. The normalized spacial score (nSPS) is 10.8. The molecule has 1 nitrogen and oxygen atoms in total. The van der Waals surface area contributed by atoms with Crippen molar-refractivity contribution in [2.24, 2.45) is 0 Å². The van der Waals surface area contributed by atoms with Crippen LogP contribution in [-0.4, -0.2) is 0 Å². The average molecular weight is 272 g/mol. The highest BCUT2D eigenvalue weighted by Crippen LogP contribution is 2.29. The molecule has 0 aliphatic rings. The van der Waals surface area contributed by atoms with Gasteiger partial charge in [-0.3, -0.25) is 0 Å². The fourth-order valence-electron chi connectivity index (χ4n) is 2.08. The molecular weight excluding hydrogens is 259 g/mol. The molecule has 0 aliphatic carbocycles. The molecule has 0 saturated heterocycles. The van der Waals surface area contributed by atoms with E-state index in [2.05, 4.69) is 24.4 Å². The average Bonchev–Trinajstić information content (AvgIpc) is 2.83. The Morgan fingerprint density at radius 1 is 1.11 bits per heavy atom. The number of aryl methyl sites for hydroxylation is 1. The van der Waals surface area contributed by atoms with Gasteiger partial charge in [0.05, 0.1) is 0 Å². The van der Waals surface area contributed by atoms with Crippen molar-refractivity contribution in [1.29, 1.82) is 0 Å². The van der Waals surface area contributed by atoms with Gasteiger partial charge in [-0.2, -0.15) is 0 Å². The first kappa shape index (κ1) is 12.2. The summed E-state index contributed by atoms with van der Waals surface area (Å²) in [5, 5.41) is 3.28. The number of para-hydroxylation sites is 1. The molecule has 2 aromatic carbocycles. The van der Waals surface area contributed by atoms with Crippen LogP contribution in [0.4, 0.5) is 4.39 Å². The van der Waals surface area contributed by atoms with E-state index in [9.17, 15) is 4.39 Å². The SMILES string of the molecule is Cc1cccc2c(COc3ccccc3F)csc12. The van der Waals surface area contributed by atoms with E-state index in [1.807, 2.05) is 6.07 Å². The van der Waals surface area contributed by atoms with E-state index in [1.54, 1.807) is 29.5 Å². The molecule has 0 fully saturated rings. The summed E-state index contributed by atoms with van der Waals surface area (Å²) in [7, 11) is 0. The predicted molar refractivity (Wildman–Crippen MR) is 77.3 cm³/mol. The molecule has 96 valence electrons. The number of halogens is 1. The van der Waals surface area contributed by atoms with E-state index in [4.69, 9.17) is 4.74 Å². The summed E-state index contributed by atoms with van der Waals surface area (Å²) < 4.78 is 20.3. The van der Waals surface area contributed by atoms with Crippen LogP contribution in [-0.2, 0) is 6.61 Å². The number of benzene rings is 2. The van der Waals surface area contributed by atoms with Crippen LogP contribution in [0.25, 0.3) is 10.1 Å².